The van der Waals surface area contributed by atoms with Crippen molar-refractivity contribution in [1.29, 1.82) is 0 Å². The van der Waals surface area contributed by atoms with Crippen molar-refractivity contribution in [2.45, 2.75) is 25.4 Å². The van der Waals surface area contributed by atoms with Crippen molar-refractivity contribution >= 4 is 57.7 Å². The first kappa shape index (κ1) is 26.8. The predicted octanol–water partition coefficient (Wildman–Crippen LogP) is 5.29. The number of carbonyl (C=O) groups excluding carboxylic acids is 2. The first-order chi connectivity index (χ1) is 16.5. The van der Waals surface area contributed by atoms with Gasteiger partial charge in [-0.05, 0) is 18.2 Å². The van der Waals surface area contributed by atoms with Crippen LogP contribution >= 0.6 is 34.5 Å². The summed E-state index contributed by atoms with van der Waals surface area (Å²) < 4.78 is 38.5. The van der Waals surface area contributed by atoms with Gasteiger partial charge in [0, 0.05) is 24.6 Å². The molecule has 3 rings (SSSR count). The van der Waals surface area contributed by atoms with Crippen molar-refractivity contribution in [2.75, 3.05) is 23.8 Å². The van der Waals surface area contributed by atoms with E-state index in [4.69, 9.17) is 28.3 Å². The molecule has 1 unspecified atom stereocenters. The molecule has 2 aromatic heterocycles. The third-order valence-electron chi connectivity index (χ3n) is 4.65. The summed E-state index contributed by atoms with van der Waals surface area (Å²) in [5.41, 5.74) is -0.895. The number of nitrogens with one attached hydrogen (secondary N) is 2. The van der Waals surface area contributed by atoms with Gasteiger partial charge in [0.2, 0.25) is 0 Å². The Morgan fingerprint density at radius 1 is 1.20 bits per heavy atom. The molecule has 3 aromatic rings. The molecule has 8 nitrogen and oxygen atoms in total. The molecule has 0 fully saturated rings. The van der Waals surface area contributed by atoms with Gasteiger partial charge < -0.3 is 15.7 Å². The summed E-state index contributed by atoms with van der Waals surface area (Å²) in [5, 5.41) is 14.2. The molecule has 3 N–H and O–H groups in total. The van der Waals surface area contributed by atoms with Crippen molar-refractivity contribution in [3.05, 3.63) is 61.9 Å². The lowest BCUT2D eigenvalue weighted by Crippen LogP contribution is -2.12. The SMILES string of the molecule is CC(CC(=O)c1ncnc(NCCO)c1Cl)c1ncc(C(=O)Nc2ccc(C(F)(F)F)c(Cl)c2)s1. The van der Waals surface area contributed by atoms with Gasteiger partial charge in [0.25, 0.3) is 5.91 Å². The first-order valence-electron chi connectivity index (χ1n) is 10.0. The van der Waals surface area contributed by atoms with Crippen molar-refractivity contribution in [2.24, 2.45) is 0 Å². The second-order valence-corrected chi connectivity index (χ2v) is 9.12. The lowest BCUT2D eigenvalue weighted by atomic mass is 10.0. The first-order valence-corrected chi connectivity index (χ1v) is 11.6. The monoisotopic (exact) mass is 547 g/mol. The Bertz CT molecular complexity index is 1240. The van der Waals surface area contributed by atoms with Crippen LogP contribution in [0.3, 0.4) is 0 Å². The fraction of sp³-hybridized carbons (Fsp3) is 0.286. The normalized spacial score (nSPS) is 12.3. The van der Waals surface area contributed by atoms with E-state index >= 15 is 0 Å². The van der Waals surface area contributed by atoms with Crippen LogP contribution < -0.4 is 10.6 Å². The minimum atomic E-state index is -4.60. The van der Waals surface area contributed by atoms with E-state index in [9.17, 15) is 22.8 Å². The molecule has 14 heteroatoms. The number of hydrogen-bond donors (Lipinski definition) is 3. The molecule has 0 bridgehead atoms. The standard InChI is InChI=1S/C21H18Cl2F3N5O3S/c1-10(6-14(33)17-16(23)18(27-4-5-32)30-9-29-17)20-28-8-15(35-20)19(34)31-11-2-3-12(13(22)7-11)21(24,25)26/h2-3,7-10,32H,4-6H2,1H3,(H,31,34)(H,27,29,30). The maximum atomic E-state index is 12.8. The molecular formula is C21H18Cl2F3N5O3S. The minimum absolute atomic E-state index is 0.000736. The summed E-state index contributed by atoms with van der Waals surface area (Å²) in [6.45, 7) is 1.80. The summed E-state index contributed by atoms with van der Waals surface area (Å²) >= 11 is 12.9. The number of carbonyl (C=O) groups is 2. The van der Waals surface area contributed by atoms with Gasteiger partial charge in [-0.15, -0.1) is 11.3 Å². The number of rotatable bonds is 9. The number of nitrogens with zero attached hydrogens (tertiary/aromatic N) is 3. The highest BCUT2D eigenvalue weighted by Gasteiger charge is 2.33. The lowest BCUT2D eigenvalue weighted by molar-refractivity contribution is -0.137. The van der Waals surface area contributed by atoms with Crippen LogP contribution in [0, 0.1) is 0 Å². The van der Waals surface area contributed by atoms with E-state index in [2.05, 4.69) is 25.6 Å². The molecule has 1 aromatic carbocycles. The van der Waals surface area contributed by atoms with Crippen LogP contribution in [-0.4, -0.2) is 44.9 Å². The van der Waals surface area contributed by atoms with Crippen LogP contribution in [0.5, 0.6) is 0 Å². The van der Waals surface area contributed by atoms with Gasteiger partial charge in [-0.25, -0.2) is 15.0 Å². The maximum absolute atomic E-state index is 12.8. The number of halogens is 5. The highest BCUT2D eigenvalue weighted by molar-refractivity contribution is 7.13. The molecule has 35 heavy (non-hydrogen) atoms. The molecule has 0 aliphatic carbocycles. The second-order valence-electron chi connectivity index (χ2n) is 7.27. The Balaban J connectivity index is 1.67. The zero-order valence-electron chi connectivity index (χ0n) is 18.0. The average molecular weight is 548 g/mol. The number of ketones is 1. The van der Waals surface area contributed by atoms with E-state index in [1.807, 2.05) is 0 Å². The fourth-order valence-electron chi connectivity index (χ4n) is 2.96. The zero-order chi connectivity index (χ0) is 25.8. The number of hydrogen-bond acceptors (Lipinski definition) is 8. The van der Waals surface area contributed by atoms with Crippen LogP contribution in [0.1, 0.15) is 50.0 Å². The average Bonchev–Trinajstić information content (AvgIpc) is 3.28. The van der Waals surface area contributed by atoms with E-state index in [0.29, 0.717) is 5.01 Å². The number of aliphatic hydroxyl groups excluding tert-OH is 1. The molecule has 0 aliphatic rings. The fourth-order valence-corrected chi connectivity index (χ4v) is 4.38. The molecule has 186 valence electrons. The molecular weight excluding hydrogens is 530 g/mol. The molecule has 2 heterocycles. The summed E-state index contributed by atoms with van der Waals surface area (Å²) in [7, 11) is 0. The third kappa shape index (κ3) is 6.66. The smallest absolute Gasteiger partial charge is 0.395 e. The highest BCUT2D eigenvalue weighted by atomic mass is 35.5. The Hall–Kier alpha value is -2.80. The minimum Gasteiger partial charge on any atom is -0.395 e. The van der Waals surface area contributed by atoms with Crippen LogP contribution in [0.15, 0.2) is 30.7 Å². The van der Waals surface area contributed by atoms with Gasteiger partial charge >= 0.3 is 6.18 Å². The number of aromatic nitrogens is 3. The summed E-state index contributed by atoms with van der Waals surface area (Å²) in [4.78, 5) is 37.5. The van der Waals surface area contributed by atoms with Crippen molar-refractivity contribution in [1.82, 2.24) is 15.0 Å². The number of thiazole rings is 1. The van der Waals surface area contributed by atoms with Gasteiger partial charge in [-0.2, -0.15) is 13.2 Å². The van der Waals surface area contributed by atoms with E-state index in [1.54, 1.807) is 6.92 Å². The molecule has 0 radical (unpaired) electrons. The van der Waals surface area contributed by atoms with Gasteiger partial charge in [-0.3, -0.25) is 9.59 Å². The van der Waals surface area contributed by atoms with E-state index in [-0.39, 0.29) is 58.4 Å². The van der Waals surface area contributed by atoms with Crippen LogP contribution in [0.4, 0.5) is 24.7 Å². The Morgan fingerprint density at radius 2 is 1.94 bits per heavy atom. The largest absolute Gasteiger partial charge is 0.417 e. The van der Waals surface area contributed by atoms with Gasteiger partial charge in [0.15, 0.2) is 5.78 Å². The van der Waals surface area contributed by atoms with E-state index in [0.717, 1.165) is 29.5 Å². The topological polar surface area (TPSA) is 117 Å². The molecule has 0 spiro atoms. The molecule has 1 amide bonds. The van der Waals surface area contributed by atoms with Gasteiger partial charge in [-0.1, -0.05) is 30.1 Å². The van der Waals surface area contributed by atoms with Crippen LogP contribution in [-0.2, 0) is 6.18 Å². The Morgan fingerprint density at radius 3 is 2.60 bits per heavy atom. The predicted molar refractivity (Wildman–Crippen MR) is 127 cm³/mol. The Labute approximate surface area is 211 Å². The van der Waals surface area contributed by atoms with Crippen molar-refractivity contribution in [3.8, 4) is 0 Å². The number of amides is 1. The van der Waals surface area contributed by atoms with Crippen LogP contribution in [0.25, 0.3) is 0 Å². The summed E-state index contributed by atoms with van der Waals surface area (Å²) in [6.07, 6.45) is -2.11. The maximum Gasteiger partial charge on any atom is 0.417 e. The van der Waals surface area contributed by atoms with E-state index in [1.165, 1.54) is 12.5 Å². The molecule has 0 saturated heterocycles. The third-order valence-corrected chi connectivity index (χ3v) is 6.55. The number of alkyl halides is 3. The Kier molecular flexibility index (Phi) is 8.65. The van der Waals surface area contributed by atoms with Gasteiger partial charge in [0.05, 0.1) is 28.4 Å². The van der Waals surface area contributed by atoms with Crippen molar-refractivity contribution < 1.29 is 27.9 Å². The highest BCUT2D eigenvalue weighted by Crippen LogP contribution is 2.36. The lowest BCUT2D eigenvalue weighted by Gasteiger charge is -2.11. The number of anilines is 2. The molecule has 1 atom stereocenters. The van der Waals surface area contributed by atoms with E-state index < -0.39 is 22.7 Å². The quantitative estimate of drug-likeness (QED) is 0.311. The zero-order valence-corrected chi connectivity index (χ0v) is 20.3. The summed E-state index contributed by atoms with van der Waals surface area (Å²) in [6, 6.07) is 2.90. The second kappa shape index (κ2) is 11.3. The number of aliphatic hydroxyl groups is 1. The van der Waals surface area contributed by atoms with Gasteiger partial charge in [0.1, 0.15) is 27.7 Å². The molecule has 0 saturated carbocycles. The van der Waals surface area contributed by atoms with Crippen molar-refractivity contribution in [3.63, 3.8) is 0 Å². The van der Waals surface area contributed by atoms with Crippen LogP contribution in [0.2, 0.25) is 10.0 Å². The number of benzene rings is 1. The number of Topliss-reactive ketones (excluding diaryl/α,β-unsaturated/α-hetero) is 1. The molecule has 0 aliphatic heterocycles. The summed E-state index contributed by atoms with van der Waals surface area (Å²) in [5.74, 6) is -1.10.